The lowest BCUT2D eigenvalue weighted by molar-refractivity contribution is -0.118. The average Bonchev–Trinajstić information content (AvgIpc) is 2.61. The van der Waals surface area contributed by atoms with E-state index in [0.717, 1.165) is 18.7 Å². The van der Waals surface area contributed by atoms with Crippen LogP contribution in [-0.4, -0.2) is 69.6 Å². The van der Waals surface area contributed by atoms with Gasteiger partial charge in [0.25, 0.3) is 0 Å². The number of morpholine rings is 1. The second kappa shape index (κ2) is 9.89. The number of benzene rings is 1. The van der Waals surface area contributed by atoms with Crippen LogP contribution in [0.1, 0.15) is 18.9 Å². The smallest absolute Gasteiger partial charge is 0.235 e. The number of hydrogen-bond donors (Lipinski definition) is 1. The summed E-state index contributed by atoms with van der Waals surface area (Å²) >= 11 is 0. The summed E-state index contributed by atoms with van der Waals surface area (Å²) in [6.07, 6.45) is 1.24. The lowest BCUT2D eigenvalue weighted by Gasteiger charge is -2.32. The fourth-order valence-corrected chi connectivity index (χ4v) is 4.10. The van der Waals surface area contributed by atoms with E-state index in [1.165, 1.54) is 0 Å². The van der Waals surface area contributed by atoms with E-state index >= 15 is 0 Å². The molecule has 0 aliphatic carbocycles. The summed E-state index contributed by atoms with van der Waals surface area (Å²) in [7, 11) is -3.37. The van der Waals surface area contributed by atoms with Crippen molar-refractivity contribution in [2.24, 2.45) is 0 Å². The SMILES string of the molecule is CC(CNC(=O)CS(=O)(=O)CCCc1ccccc1)N1CCOCC1. The second-order valence-corrected chi connectivity index (χ2v) is 8.67. The minimum Gasteiger partial charge on any atom is -0.379 e. The first-order chi connectivity index (χ1) is 12.0. The van der Waals surface area contributed by atoms with Gasteiger partial charge in [0, 0.05) is 25.7 Å². The van der Waals surface area contributed by atoms with E-state index < -0.39 is 21.5 Å². The van der Waals surface area contributed by atoms with E-state index in [1.807, 2.05) is 37.3 Å². The molecule has 25 heavy (non-hydrogen) atoms. The summed E-state index contributed by atoms with van der Waals surface area (Å²) in [6, 6.07) is 9.94. The highest BCUT2D eigenvalue weighted by Gasteiger charge is 2.20. The van der Waals surface area contributed by atoms with Crippen molar-refractivity contribution in [1.29, 1.82) is 0 Å². The van der Waals surface area contributed by atoms with Gasteiger partial charge in [-0.1, -0.05) is 30.3 Å². The van der Waals surface area contributed by atoms with Crippen molar-refractivity contribution in [2.75, 3.05) is 44.4 Å². The molecule has 0 aromatic heterocycles. The summed E-state index contributed by atoms with van der Waals surface area (Å²) in [4.78, 5) is 14.2. The number of carbonyl (C=O) groups is 1. The molecule has 1 atom stereocenters. The number of nitrogens with zero attached hydrogens (tertiary/aromatic N) is 1. The third kappa shape index (κ3) is 7.54. The summed E-state index contributed by atoms with van der Waals surface area (Å²) in [5.74, 6) is -0.814. The molecular formula is C18H28N2O4S. The number of amides is 1. The Labute approximate surface area is 150 Å². The molecule has 0 saturated carbocycles. The Balaban J connectivity index is 1.67. The maximum Gasteiger partial charge on any atom is 0.235 e. The predicted molar refractivity (Wildman–Crippen MR) is 98.3 cm³/mol. The molecule has 0 radical (unpaired) electrons. The Morgan fingerprint density at radius 2 is 1.92 bits per heavy atom. The molecule has 1 fully saturated rings. The molecule has 140 valence electrons. The molecule has 1 heterocycles. The van der Waals surface area contributed by atoms with Crippen LogP contribution in [0.15, 0.2) is 30.3 Å². The van der Waals surface area contributed by atoms with Crippen molar-refractivity contribution >= 4 is 15.7 Å². The summed E-state index contributed by atoms with van der Waals surface area (Å²) in [5, 5.41) is 2.74. The van der Waals surface area contributed by atoms with Crippen molar-refractivity contribution in [3.8, 4) is 0 Å². The van der Waals surface area contributed by atoms with Crippen LogP contribution in [0.4, 0.5) is 0 Å². The molecular weight excluding hydrogens is 340 g/mol. The Morgan fingerprint density at radius 1 is 1.24 bits per heavy atom. The van der Waals surface area contributed by atoms with Crippen molar-refractivity contribution in [2.45, 2.75) is 25.8 Å². The topological polar surface area (TPSA) is 75.7 Å². The Morgan fingerprint density at radius 3 is 2.60 bits per heavy atom. The molecule has 1 saturated heterocycles. The number of rotatable bonds is 9. The molecule has 7 heteroatoms. The molecule has 1 aromatic carbocycles. The van der Waals surface area contributed by atoms with Gasteiger partial charge in [-0.2, -0.15) is 0 Å². The third-order valence-electron chi connectivity index (χ3n) is 4.38. The van der Waals surface area contributed by atoms with Gasteiger partial charge in [0.1, 0.15) is 5.75 Å². The van der Waals surface area contributed by atoms with Gasteiger partial charge in [-0.05, 0) is 25.3 Å². The molecule has 1 aromatic rings. The fourth-order valence-electron chi connectivity index (χ4n) is 2.87. The average molecular weight is 368 g/mol. The number of carbonyl (C=O) groups excluding carboxylic acids is 1. The van der Waals surface area contributed by atoms with Crippen LogP contribution in [0.25, 0.3) is 0 Å². The number of sulfone groups is 1. The van der Waals surface area contributed by atoms with Crippen molar-refractivity contribution in [1.82, 2.24) is 10.2 Å². The van der Waals surface area contributed by atoms with Gasteiger partial charge in [0.2, 0.25) is 5.91 Å². The van der Waals surface area contributed by atoms with Crippen LogP contribution < -0.4 is 5.32 Å². The number of nitrogens with one attached hydrogen (secondary N) is 1. The van der Waals surface area contributed by atoms with Gasteiger partial charge in [0.05, 0.1) is 19.0 Å². The van der Waals surface area contributed by atoms with E-state index in [2.05, 4.69) is 10.2 Å². The highest BCUT2D eigenvalue weighted by atomic mass is 32.2. The van der Waals surface area contributed by atoms with Crippen molar-refractivity contribution in [3.05, 3.63) is 35.9 Å². The van der Waals surface area contributed by atoms with Gasteiger partial charge in [0.15, 0.2) is 9.84 Å². The molecule has 1 aliphatic heterocycles. The lowest BCUT2D eigenvalue weighted by Crippen LogP contribution is -2.48. The summed E-state index contributed by atoms with van der Waals surface area (Å²) in [5.41, 5.74) is 1.11. The zero-order valence-corrected chi connectivity index (χ0v) is 15.6. The highest BCUT2D eigenvalue weighted by molar-refractivity contribution is 7.92. The van der Waals surface area contributed by atoms with Gasteiger partial charge in [-0.3, -0.25) is 9.69 Å². The van der Waals surface area contributed by atoms with Gasteiger partial charge in [-0.15, -0.1) is 0 Å². The standard InChI is InChI=1S/C18H28N2O4S/c1-16(20-9-11-24-12-10-20)14-19-18(21)15-25(22,23)13-5-8-17-6-3-2-4-7-17/h2-4,6-7,16H,5,8-15H2,1H3,(H,19,21). The predicted octanol–water partition coefficient (Wildman–Crippen LogP) is 0.871. The zero-order chi connectivity index (χ0) is 18.1. The van der Waals surface area contributed by atoms with Crippen LogP contribution >= 0.6 is 0 Å². The van der Waals surface area contributed by atoms with E-state index in [1.54, 1.807) is 0 Å². The molecule has 1 amide bonds. The van der Waals surface area contributed by atoms with Crippen LogP contribution in [0.3, 0.4) is 0 Å². The lowest BCUT2D eigenvalue weighted by atomic mass is 10.1. The Bertz CT molecular complexity index is 628. The maximum atomic E-state index is 12.1. The van der Waals surface area contributed by atoms with E-state index in [9.17, 15) is 13.2 Å². The number of ether oxygens (including phenoxy) is 1. The fraction of sp³-hybridized carbons (Fsp3) is 0.611. The van der Waals surface area contributed by atoms with Gasteiger partial charge in [-0.25, -0.2) is 8.42 Å². The van der Waals surface area contributed by atoms with Crippen LogP contribution in [0, 0.1) is 0 Å². The largest absolute Gasteiger partial charge is 0.379 e. The monoisotopic (exact) mass is 368 g/mol. The quantitative estimate of drug-likeness (QED) is 0.700. The third-order valence-corrected chi connectivity index (χ3v) is 5.99. The minimum atomic E-state index is -3.37. The van der Waals surface area contributed by atoms with Crippen LogP contribution in [0.5, 0.6) is 0 Å². The minimum absolute atomic E-state index is 0.0360. The first-order valence-corrected chi connectivity index (χ1v) is 10.6. The molecule has 0 spiro atoms. The van der Waals surface area contributed by atoms with E-state index in [-0.39, 0.29) is 11.8 Å². The molecule has 1 aliphatic rings. The van der Waals surface area contributed by atoms with Gasteiger partial charge < -0.3 is 10.1 Å². The first-order valence-electron chi connectivity index (χ1n) is 8.79. The van der Waals surface area contributed by atoms with E-state index in [0.29, 0.717) is 32.6 Å². The van der Waals surface area contributed by atoms with E-state index in [4.69, 9.17) is 4.74 Å². The first kappa shape index (κ1) is 19.9. The Kier molecular flexibility index (Phi) is 7.87. The van der Waals surface area contributed by atoms with Crippen molar-refractivity contribution in [3.63, 3.8) is 0 Å². The maximum absolute atomic E-state index is 12.1. The van der Waals surface area contributed by atoms with Crippen LogP contribution in [-0.2, 0) is 25.8 Å². The Hall–Kier alpha value is -1.44. The molecule has 6 nitrogen and oxygen atoms in total. The van der Waals surface area contributed by atoms with Crippen LogP contribution in [0.2, 0.25) is 0 Å². The summed E-state index contributed by atoms with van der Waals surface area (Å²) < 4.78 is 29.5. The molecule has 0 bridgehead atoms. The zero-order valence-electron chi connectivity index (χ0n) is 14.8. The highest BCUT2D eigenvalue weighted by Crippen LogP contribution is 2.05. The van der Waals surface area contributed by atoms with Crippen molar-refractivity contribution < 1.29 is 17.9 Å². The van der Waals surface area contributed by atoms with Gasteiger partial charge >= 0.3 is 0 Å². The number of aryl methyl sites for hydroxylation is 1. The molecule has 1 N–H and O–H groups in total. The normalized spacial score (nSPS) is 17.2. The second-order valence-electron chi connectivity index (χ2n) is 6.48. The number of hydrogen-bond acceptors (Lipinski definition) is 5. The molecule has 2 rings (SSSR count). The summed E-state index contributed by atoms with van der Waals surface area (Å²) in [6.45, 7) is 5.57. The molecule has 1 unspecified atom stereocenters.